The minimum Gasteiger partial charge on any atom is -0.352 e. The van der Waals surface area contributed by atoms with Gasteiger partial charge in [-0.05, 0) is 69.1 Å². The standard InChI is InChI=1S/C22H30N4S/c1-4-13-25-21(20(24-22(25)27)19-11-7-8-12-23-19)18-14-15(2)26(16(18)3)17-9-5-6-10-17/h7-8,11-12,14,17,20-21H,4-6,9-10,13H2,1-3H3,(H,24,27)/t20-,21-/m0/s1. The lowest BCUT2D eigenvalue weighted by atomic mass is 9.96. The molecule has 1 saturated heterocycles. The molecule has 2 fully saturated rings. The summed E-state index contributed by atoms with van der Waals surface area (Å²) in [5.74, 6) is 0. The first-order valence-corrected chi connectivity index (χ1v) is 10.7. The molecule has 2 aromatic rings. The van der Waals surface area contributed by atoms with E-state index in [-0.39, 0.29) is 12.1 Å². The lowest BCUT2D eigenvalue weighted by Crippen LogP contribution is -2.30. The van der Waals surface area contributed by atoms with Crippen molar-refractivity contribution < 1.29 is 0 Å². The average molecular weight is 383 g/mol. The molecule has 4 rings (SSSR count). The summed E-state index contributed by atoms with van der Waals surface area (Å²) in [5.41, 5.74) is 5.24. The van der Waals surface area contributed by atoms with E-state index in [1.165, 1.54) is 42.6 Å². The molecule has 3 heterocycles. The monoisotopic (exact) mass is 382 g/mol. The van der Waals surface area contributed by atoms with Crippen LogP contribution in [0, 0.1) is 13.8 Å². The number of hydrogen-bond acceptors (Lipinski definition) is 2. The molecule has 0 amide bonds. The molecule has 1 aliphatic carbocycles. The molecular weight excluding hydrogens is 352 g/mol. The zero-order chi connectivity index (χ0) is 19.0. The van der Waals surface area contributed by atoms with Crippen molar-refractivity contribution in [2.75, 3.05) is 6.54 Å². The normalized spacial score (nSPS) is 23.2. The second kappa shape index (κ2) is 7.63. The predicted molar refractivity (Wildman–Crippen MR) is 114 cm³/mol. The largest absolute Gasteiger partial charge is 0.352 e. The van der Waals surface area contributed by atoms with E-state index in [9.17, 15) is 0 Å². The van der Waals surface area contributed by atoms with E-state index in [1.54, 1.807) is 0 Å². The third-order valence-corrected chi connectivity index (χ3v) is 6.55. The maximum absolute atomic E-state index is 5.73. The summed E-state index contributed by atoms with van der Waals surface area (Å²) in [6.45, 7) is 7.74. The topological polar surface area (TPSA) is 33.1 Å². The number of thiocarbonyl (C=S) groups is 1. The number of aryl methyl sites for hydroxylation is 1. The van der Waals surface area contributed by atoms with Crippen molar-refractivity contribution in [3.63, 3.8) is 0 Å². The minimum atomic E-state index is 0.0998. The fourth-order valence-corrected chi connectivity index (χ4v) is 5.38. The van der Waals surface area contributed by atoms with Gasteiger partial charge < -0.3 is 14.8 Å². The minimum absolute atomic E-state index is 0.0998. The Balaban J connectivity index is 1.78. The van der Waals surface area contributed by atoms with Crippen LogP contribution in [-0.2, 0) is 0 Å². The second-order valence-corrected chi connectivity index (χ2v) is 8.34. The van der Waals surface area contributed by atoms with Crippen molar-refractivity contribution >= 4 is 17.3 Å². The highest BCUT2D eigenvalue weighted by molar-refractivity contribution is 7.80. The number of pyridine rings is 1. The van der Waals surface area contributed by atoms with Crippen molar-refractivity contribution in [1.29, 1.82) is 0 Å². The van der Waals surface area contributed by atoms with E-state index in [0.717, 1.165) is 23.8 Å². The van der Waals surface area contributed by atoms with Crippen LogP contribution in [-0.4, -0.2) is 26.1 Å². The molecule has 2 aliphatic rings. The summed E-state index contributed by atoms with van der Waals surface area (Å²) >= 11 is 5.73. The van der Waals surface area contributed by atoms with Gasteiger partial charge in [0.2, 0.25) is 0 Å². The molecule has 0 unspecified atom stereocenters. The third kappa shape index (κ3) is 3.27. The summed E-state index contributed by atoms with van der Waals surface area (Å²) < 4.78 is 2.59. The van der Waals surface area contributed by atoms with Crippen molar-refractivity contribution in [2.24, 2.45) is 0 Å². The van der Waals surface area contributed by atoms with Gasteiger partial charge in [-0.25, -0.2) is 0 Å². The van der Waals surface area contributed by atoms with E-state index in [0.29, 0.717) is 6.04 Å². The Bertz CT molecular complexity index is 807. The van der Waals surface area contributed by atoms with Gasteiger partial charge in [-0.15, -0.1) is 0 Å². The van der Waals surface area contributed by atoms with Gasteiger partial charge in [-0.3, -0.25) is 4.98 Å². The highest BCUT2D eigenvalue weighted by atomic mass is 32.1. The van der Waals surface area contributed by atoms with E-state index in [4.69, 9.17) is 12.2 Å². The van der Waals surface area contributed by atoms with Gasteiger partial charge in [0.05, 0.1) is 17.8 Å². The summed E-state index contributed by atoms with van der Waals surface area (Å²) in [4.78, 5) is 7.02. The van der Waals surface area contributed by atoms with Gasteiger partial charge >= 0.3 is 0 Å². The lowest BCUT2D eigenvalue weighted by Gasteiger charge is -2.28. The molecule has 0 bridgehead atoms. The highest BCUT2D eigenvalue weighted by Crippen LogP contribution is 2.42. The van der Waals surface area contributed by atoms with Gasteiger partial charge in [0.15, 0.2) is 5.11 Å². The third-order valence-electron chi connectivity index (χ3n) is 6.19. The second-order valence-electron chi connectivity index (χ2n) is 7.95. The van der Waals surface area contributed by atoms with E-state index < -0.39 is 0 Å². The zero-order valence-corrected chi connectivity index (χ0v) is 17.4. The highest BCUT2D eigenvalue weighted by Gasteiger charge is 2.41. The predicted octanol–water partition coefficient (Wildman–Crippen LogP) is 5.00. The van der Waals surface area contributed by atoms with E-state index in [1.807, 2.05) is 12.3 Å². The Kier molecular flexibility index (Phi) is 5.22. The maximum atomic E-state index is 5.73. The van der Waals surface area contributed by atoms with Gasteiger partial charge in [0.25, 0.3) is 0 Å². The quantitative estimate of drug-likeness (QED) is 0.738. The van der Waals surface area contributed by atoms with Crippen molar-refractivity contribution in [2.45, 2.75) is 71.0 Å². The molecule has 0 radical (unpaired) electrons. The molecule has 5 heteroatoms. The number of rotatable bonds is 5. The molecular formula is C22H30N4S. The SMILES string of the molecule is CCCN1C(=S)N[C@@H](c2ccccn2)[C@@H]1c1cc(C)n(C2CCCC2)c1C. The number of nitrogens with zero attached hydrogens (tertiary/aromatic N) is 3. The smallest absolute Gasteiger partial charge is 0.170 e. The van der Waals surface area contributed by atoms with Crippen LogP contribution in [0.15, 0.2) is 30.5 Å². The molecule has 1 saturated carbocycles. The van der Waals surface area contributed by atoms with Crippen LogP contribution in [0.5, 0.6) is 0 Å². The van der Waals surface area contributed by atoms with Crippen molar-refractivity contribution in [3.05, 3.63) is 53.1 Å². The van der Waals surface area contributed by atoms with Crippen LogP contribution in [0.3, 0.4) is 0 Å². The molecule has 0 aromatic carbocycles. The van der Waals surface area contributed by atoms with Crippen LogP contribution in [0.1, 0.15) is 79.8 Å². The molecule has 27 heavy (non-hydrogen) atoms. The first-order chi connectivity index (χ1) is 13.1. The number of nitrogens with one attached hydrogen (secondary N) is 1. The molecule has 1 aliphatic heterocycles. The van der Waals surface area contributed by atoms with Gasteiger partial charge in [0, 0.05) is 30.2 Å². The lowest BCUT2D eigenvalue weighted by molar-refractivity contribution is 0.315. The van der Waals surface area contributed by atoms with Crippen LogP contribution in [0.25, 0.3) is 0 Å². The van der Waals surface area contributed by atoms with E-state index >= 15 is 0 Å². The Hall–Kier alpha value is -1.88. The van der Waals surface area contributed by atoms with Crippen molar-refractivity contribution in [1.82, 2.24) is 19.8 Å². The summed E-state index contributed by atoms with van der Waals surface area (Å²) in [5, 5.41) is 4.41. The average Bonchev–Trinajstić information content (AvgIpc) is 3.36. The fourth-order valence-electron chi connectivity index (χ4n) is 5.05. The van der Waals surface area contributed by atoms with E-state index in [2.05, 4.69) is 58.7 Å². The van der Waals surface area contributed by atoms with Crippen molar-refractivity contribution in [3.8, 4) is 0 Å². The first-order valence-electron chi connectivity index (χ1n) is 10.3. The van der Waals surface area contributed by atoms with Crippen LogP contribution in [0.4, 0.5) is 0 Å². The molecule has 0 spiro atoms. The Morgan fingerprint density at radius 1 is 1.22 bits per heavy atom. The zero-order valence-electron chi connectivity index (χ0n) is 16.6. The molecule has 2 aromatic heterocycles. The van der Waals surface area contributed by atoms with Gasteiger partial charge in [0.1, 0.15) is 0 Å². The van der Waals surface area contributed by atoms with Crippen LogP contribution >= 0.6 is 12.2 Å². The number of aromatic nitrogens is 2. The first kappa shape index (κ1) is 18.5. The molecule has 144 valence electrons. The Morgan fingerprint density at radius 2 is 2.00 bits per heavy atom. The molecule has 2 atom stereocenters. The number of hydrogen-bond donors (Lipinski definition) is 1. The summed E-state index contributed by atoms with van der Waals surface area (Å²) in [6.07, 6.45) is 8.27. The molecule has 1 N–H and O–H groups in total. The maximum Gasteiger partial charge on any atom is 0.170 e. The Morgan fingerprint density at radius 3 is 2.67 bits per heavy atom. The Labute approximate surface area is 168 Å². The molecule has 4 nitrogen and oxygen atoms in total. The van der Waals surface area contributed by atoms with Gasteiger partial charge in [-0.2, -0.15) is 0 Å². The fraction of sp³-hybridized carbons (Fsp3) is 0.545. The van der Waals surface area contributed by atoms with Crippen LogP contribution in [0.2, 0.25) is 0 Å². The summed E-state index contributed by atoms with van der Waals surface area (Å²) in [7, 11) is 0. The van der Waals surface area contributed by atoms with Gasteiger partial charge in [-0.1, -0.05) is 25.8 Å². The van der Waals surface area contributed by atoms with Crippen LogP contribution < -0.4 is 5.32 Å². The summed E-state index contributed by atoms with van der Waals surface area (Å²) in [6, 6.07) is 9.51.